The van der Waals surface area contributed by atoms with Gasteiger partial charge in [-0.05, 0) is 25.0 Å². The molecule has 1 aliphatic rings. The second-order valence-electron chi connectivity index (χ2n) is 7.93. The van der Waals surface area contributed by atoms with Crippen LogP contribution in [0.1, 0.15) is 44.2 Å². The molecular weight excluding hydrogens is 428 g/mol. The SMILES string of the molecule is O=CCCOCCOCCNC(=O)C1(Cc2cccc(Nc3nccs3)n2)CCCCC1. The first-order valence-electron chi connectivity index (χ1n) is 11.2. The Morgan fingerprint density at radius 2 is 1.94 bits per heavy atom. The fourth-order valence-electron chi connectivity index (χ4n) is 3.98. The Morgan fingerprint density at radius 1 is 1.12 bits per heavy atom. The highest BCUT2D eigenvalue weighted by Crippen LogP contribution is 2.39. The van der Waals surface area contributed by atoms with E-state index in [4.69, 9.17) is 14.5 Å². The highest BCUT2D eigenvalue weighted by Gasteiger charge is 2.39. The molecular formula is C23H32N4O4S. The van der Waals surface area contributed by atoms with Crippen LogP contribution in [0.5, 0.6) is 0 Å². The molecule has 0 unspecified atom stereocenters. The molecule has 1 amide bonds. The number of nitrogens with one attached hydrogen (secondary N) is 2. The van der Waals surface area contributed by atoms with Crippen LogP contribution in [0.4, 0.5) is 10.9 Å². The molecule has 174 valence electrons. The third kappa shape index (κ3) is 7.65. The van der Waals surface area contributed by atoms with E-state index >= 15 is 0 Å². The number of carbonyl (C=O) groups excluding carboxylic acids is 2. The largest absolute Gasteiger partial charge is 0.379 e. The molecule has 1 fully saturated rings. The third-order valence-corrected chi connectivity index (χ3v) is 6.26. The number of amides is 1. The molecule has 2 N–H and O–H groups in total. The van der Waals surface area contributed by atoms with Gasteiger partial charge in [-0.2, -0.15) is 0 Å². The first-order chi connectivity index (χ1) is 15.7. The van der Waals surface area contributed by atoms with E-state index in [1.54, 1.807) is 6.20 Å². The van der Waals surface area contributed by atoms with Crippen LogP contribution >= 0.6 is 11.3 Å². The van der Waals surface area contributed by atoms with Gasteiger partial charge in [0.2, 0.25) is 5.91 Å². The minimum Gasteiger partial charge on any atom is -0.379 e. The monoisotopic (exact) mass is 460 g/mol. The van der Waals surface area contributed by atoms with Crippen molar-refractivity contribution in [1.29, 1.82) is 0 Å². The lowest BCUT2D eigenvalue weighted by Gasteiger charge is -2.35. The van der Waals surface area contributed by atoms with Gasteiger partial charge >= 0.3 is 0 Å². The fraction of sp³-hybridized carbons (Fsp3) is 0.565. The molecule has 0 bridgehead atoms. The van der Waals surface area contributed by atoms with Gasteiger partial charge in [-0.25, -0.2) is 9.97 Å². The Labute approximate surface area is 193 Å². The Bertz CT molecular complexity index is 825. The van der Waals surface area contributed by atoms with E-state index in [2.05, 4.69) is 15.6 Å². The molecule has 32 heavy (non-hydrogen) atoms. The molecule has 0 radical (unpaired) electrons. The molecule has 0 aromatic carbocycles. The van der Waals surface area contributed by atoms with Crippen LogP contribution < -0.4 is 10.6 Å². The van der Waals surface area contributed by atoms with Crippen molar-refractivity contribution in [3.8, 4) is 0 Å². The fourth-order valence-corrected chi connectivity index (χ4v) is 4.52. The molecule has 2 aromatic rings. The summed E-state index contributed by atoms with van der Waals surface area (Å²) in [5.74, 6) is 0.829. The number of rotatable bonds is 14. The van der Waals surface area contributed by atoms with Gasteiger partial charge in [0, 0.05) is 36.7 Å². The summed E-state index contributed by atoms with van der Waals surface area (Å²) in [7, 11) is 0. The molecule has 0 spiro atoms. The van der Waals surface area contributed by atoms with Crippen molar-refractivity contribution in [3.63, 3.8) is 0 Å². The zero-order valence-corrected chi connectivity index (χ0v) is 19.2. The van der Waals surface area contributed by atoms with Gasteiger partial charge in [-0.1, -0.05) is 25.3 Å². The Kier molecular flexibility index (Phi) is 10.1. The summed E-state index contributed by atoms with van der Waals surface area (Å²) in [5.41, 5.74) is 0.482. The van der Waals surface area contributed by atoms with Crippen LogP contribution in [0.3, 0.4) is 0 Å². The number of ether oxygens (including phenoxy) is 2. The van der Waals surface area contributed by atoms with Crippen molar-refractivity contribution >= 4 is 34.5 Å². The van der Waals surface area contributed by atoms with Gasteiger partial charge in [0.05, 0.1) is 31.8 Å². The maximum absolute atomic E-state index is 13.2. The molecule has 0 aliphatic heterocycles. The molecule has 0 atom stereocenters. The van der Waals surface area contributed by atoms with E-state index in [0.29, 0.717) is 45.8 Å². The molecule has 1 aliphatic carbocycles. The highest BCUT2D eigenvalue weighted by molar-refractivity contribution is 7.13. The number of hydrogen-bond donors (Lipinski definition) is 2. The van der Waals surface area contributed by atoms with Crippen molar-refractivity contribution in [1.82, 2.24) is 15.3 Å². The Morgan fingerprint density at radius 3 is 2.69 bits per heavy atom. The predicted octanol–water partition coefficient (Wildman–Crippen LogP) is 3.51. The zero-order valence-electron chi connectivity index (χ0n) is 18.4. The number of thiazole rings is 1. The Hall–Kier alpha value is -2.36. The van der Waals surface area contributed by atoms with Gasteiger partial charge in [-0.3, -0.25) is 4.79 Å². The number of anilines is 2. The maximum atomic E-state index is 13.2. The maximum Gasteiger partial charge on any atom is 0.226 e. The van der Waals surface area contributed by atoms with Gasteiger partial charge < -0.3 is 24.9 Å². The van der Waals surface area contributed by atoms with Crippen LogP contribution in [0.25, 0.3) is 0 Å². The van der Waals surface area contributed by atoms with Gasteiger partial charge in [0.15, 0.2) is 5.13 Å². The van der Waals surface area contributed by atoms with Crippen molar-refractivity contribution < 1.29 is 19.1 Å². The molecule has 0 saturated heterocycles. The Balaban J connectivity index is 1.50. The molecule has 2 aromatic heterocycles. The first kappa shape index (κ1) is 24.3. The molecule has 2 heterocycles. The van der Waals surface area contributed by atoms with E-state index in [-0.39, 0.29) is 5.91 Å². The zero-order chi connectivity index (χ0) is 22.5. The standard InChI is InChI=1S/C23H32N4O4S/c28-12-5-13-30-15-16-31-14-10-24-21(29)23(8-2-1-3-9-23)18-19-6-4-7-20(26-19)27-22-25-11-17-32-22/h4,6-7,11-12,17H,1-3,5,8-10,13-16,18H2,(H,24,29)(H,25,26,27). The lowest BCUT2D eigenvalue weighted by molar-refractivity contribution is -0.133. The first-order valence-corrected chi connectivity index (χ1v) is 12.1. The summed E-state index contributed by atoms with van der Waals surface area (Å²) >= 11 is 1.52. The van der Waals surface area contributed by atoms with Crippen molar-refractivity contribution in [2.45, 2.75) is 44.9 Å². The summed E-state index contributed by atoms with van der Waals surface area (Å²) in [6.45, 7) is 2.21. The van der Waals surface area contributed by atoms with Crippen LogP contribution in [0.15, 0.2) is 29.8 Å². The van der Waals surface area contributed by atoms with E-state index in [0.717, 1.165) is 48.6 Å². The number of pyridine rings is 1. The van der Waals surface area contributed by atoms with E-state index in [9.17, 15) is 9.59 Å². The van der Waals surface area contributed by atoms with E-state index < -0.39 is 5.41 Å². The smallest absolute Gasteiger partial charge is 0.226 e. The molecule has 1 saturated carbocycles. The normalized spacial score (nSPS) is 15.2. The topological polar surface area (TPSA) is 102 Å². The summed E-state index contributed by atoms with van der Waals surface area (Å²) in [5, 5.41) is 9.01. The summed E-state index contributed by atoms with van der Waals surface area (Å²) in [6, 6.07) is 5.88. The highest BCUT2D eigenvalue weighted by atomic mass is 32.1. The van der Waals surface area contributed by atoms with Crippen LogP contribution in [0.2, 0.25) is 0 Å². The number of aromatic nitrogens is 2. The van der Waals surface area contributed by atoms with Gasteiger partial charge in [0.25, 0.3) is 0 Å². The van der Waals surface area contributed by atoms with Crippen molar-refractivity contribution in [3.05, 3.63) is 35.5 Å². The lowest BCUT2D eigenvalue weighted by Crippen LogP contribution is -2.45. The average molecular weight is 461 g/mol. The quantitative estimate of drug-likeness (QED) is 0.328. The minimum atomic E-state index is -0.428. The number of carbonyl (C=O) groups is 2. The van der Waals surface area contributed by atoms with Crippen LogP contribution in [-0.4, -0.2) is 55.1 Å². The van der Waals surface area contributed by atoms with Crippen LogP contribution in [0, 0.1) is 5.41 Å². The molecule has 9 heteroatoms. The third-order valence-electron chi connectivity index (χ3n) is 5.57. The number of aldehydes is 1. The lowest BCUT2D eigenvalue weighted by atomic mass is 9.70. The summed E-state index contributed by atoms with van der Waals surface area (Å²) in [6.07, 6.45) is 8.63. The minimum absolute atomic E-state index is 0.0862. The predicted molar refractivity (Wildman–Crippen MR) is 124 cm³/mol. The second-order valence-corrected chi connectivity index (χ2v) is 8.82. The summed E-state index contributed by atoms with van der Waals surface area (Å²) in [4.78, 5) is 32.4. The van der Waals surface area contributed by atoms with Crippen molar-refractivity contribution in [2.24, 2.45) is 5.41 Å². The molecule has 8 nitrogen and oxygen atoms in total. The second kappa shape index (κ2) is 13.2. The number of hydrogen-bond acceptors (Lipinski definition) is 8. The van der Waals surface area contributed by atoms with Crippen LogP contribution in [-0.2, 0) is 25.5 Å². The van der Waals surface area contributed by atoms with Gasteiger partial charge in [-0.15, -0.1) is 11.3 Å². The number of nitrogens with zero attached hydrogens (tertiary/aromatic N) is 2. The summed E-state index contributed by atoms with van der Waals surface area (Å²) < 4.78 is 10.8. The van der Waals surface area contributed by atoms with E-state index in [1.165, 1.54) is 17.8 Å². The average Bonchev–Trinajstić information content (AvgIpc) is 3.32. The van der Waals surface area contributed by atoms with Crippen molar-refractivity contribution in [2.75, 3.05) is 38.3 Å². The molecule has 3 rings (SSSR count). The van der Waals surface area contributed by atoms with Gasteiger partial charge in [0.1, 0.15) is 12.1 Å². The van der Waals surface area contributed by atoms with E-state index in [1.807, 2.05) is 23.6 Å².